The second kappa shape index (κ2) is 5.43. The molecular formula is C17H24N2O2. The average Bonchev–Trinajstić information content (AvgIpc) is 2.69. The van der Waals surface area contributed by atoms with Gasteiger partial charge in [-0.15, -0.1) is 0 Å². The molecule has 114 valence electrons. The predicted octanol–water partition coefficient (Wildman–Crippen LogP) is 2.24. The zero-order chi connectivity index (χ0) is 15.0. The van der Waals surface area contributed by atoms with Crippen LogP contribution in [-0.4, -0.2) is 46.7 Å². The zero-order valence-corrected chi connectivity index (χ0v) is 13.1. The van der Waals surface area contributed by atoms with Crippen LogP contribution in [0.5, 0.6) is 0 Å². The van der Waals surface area contributed by atoms with Crippen molar-refractivity contribution in [2.75, 3.05) is 13.1 Å². The lowest BCUT2D eigenvalue weighted by atomic mass is 10.00. The maximum absolute atomic E-state index is 11.9. The van der Waals surface area contributed by atoms with Crippen LogP contribution in [0.1, 0.15) is 32.8 Å². The van der Waals surface area contributed by atoms with Gasteiger partial charge in [0, 0.05) is 26.6 Å². The third-order valence-corrected chi connectivity index (χ3v) is 4.55. The molecule has 0 unspecified atom stereocenters. The Morgan fingerprint density at radius 2 is 2.05 bits per heavy atom. The largest absolute Gasteiger partial charge is 0.349 e. The zero-order valence-electron chi connectivity index (χ0n) is 13.1. The molecule has 2 aliphatic rings. The first-order valence-electron chi connectivity index (χ1n) is 7.71. The van der Waals surface area contributed by atoms with Gasteiger partial charge in [-0.3, -0.25) is 9.69 Å². The molecule has 2 fully saturated rings. The fraction of sp³-hybridized carbons (Fsp3) is 0.588. The summed E-state index contributed by atoms with van der Waals surface area (Å²) in [4.78, 5) is 16.3. The number of hydrogen-bond acceptors (Lipinski definition) is 3. The van der Waals surface area contributed by atoms with E-state index in [0.717, 1.165) is 26.1 Å². The first-order chi connectivity index (χ1) is 9.97. The highest BCUT2D eigenvalue weighted by atomic mass is 16.5. The van der Waals surface area contributed by atoms with Crippen molar-refractivity contribution in [3.05, 3.63) is 35.9 Å². The summed E-state index contributed by atoms with van der Waals surface area (Å²) in [6, 6.07) is 10.7. The number of likely N-dealkylation sites (tertiary alicyclic amines) is 1. The minimum absolute atomic E-state index is 0.115. The smallest absolute Gasteiger partial charge is 0.222 e. The number of amides is 1. The number of piperidine rings is 1. The van der Waals surface area contributed by atoms with Crippen molar-refractivity contribution < 1.29 is 9.53 Å². The van der Waals surface area contributed by atoms with Crippen molar-refractivity contribution in [3.8, 4) is 0 Å². The van der Waals surface area contributed by atoms with E-state index in [9.17, 15) is 4.79 Å². The summed E-state index contributed by atoms with van der Waals surface area (Å²) >= 11 is 0. The Hall–Kier alpha value is -1.39. The molecule has 0 bridgehead atoms. The Kier molecular flexibility index (Phi) is 3.76. The summed E-state index contributed by atoms with van der Waals surface area (Å²) in [6.07, 6.45) is 1.11. The molecule has 0 N–H and O–H groups in total. The molecule has 2 aliphatic heterocycles. The average molecular weight is 288 g/mol. The van der Waals surface area contributed by atoms with E-state index in [4.69, 9.17) is 4.74 Å². The van der Waals surface area contributed by atoms with E-state index >= 15 is 0 Å². The van der Waals surface area contributed by atoms with E-state index in [1.54, 1.807) is 6.92 Å². The van der Waals surface area contributed by atoms with Crippen molar-refractivity contribution >= 4 is 5.91 Å². The maximum atomic E-state index is 11.9. The number of nitrogens with zero attached hydrogens (tertiary/aromatic N) is 2. The molecule has 1 aromatic rings. The Labute approximate surface area is 126 Å². The van der Waals surface area contributed by atoms with Crippen LogP contribution in [0.15, 0.2) is 30.3 Å². The third kappa shape index (κ3) is 2.83. The van der Waals surface area contributed by atoms with E-state index < -0.39 is 5.72 Å². The number of rotatable bonds is 2. The molecule has 1 amide bonds. The molecule has 4 nitrogen and oxygen atoms in total. The molecule has 2 heterocycles. The van der Waals surface area contributed by atoms with Gasteiger partial charge < -0.3 is 9.64 Å². The van der Waals surface area contributed by atoms with Crippen LogP contribution in [0.4, 0.5) is 0 Å². The van der Waals surface area contributed by atoms with Gasteiger partial charge >= 0.3 is 0 Å². The van der Waals surface area contributed by atoms with Crippen molar-refractivity contribution in [2.24, 2.45) is 0 Å². The van der Waals surface area contributed by atoms with Crippen molar-refractivity contribution in [3.63, 3.8) is 0 Å². The van der Waals surface area contributed by atoms with E-state index in [1.807, 2.05) is 24.8 Å². The lowest BCUT2D eigenvalue weighted by molar-refractivity contribution is -0.144. The quantitative estimate of drug-likeness (QED) is 0.837. The van der Waals surface area contributed by atoms with Gasteiger partial charge in [0.1, 0.15) is 5.72 Å². The highest BCUT2D eigenvalue weighted by Gasteiger charge is 2.50. The normalized spacial score (nSPS) is 28.4. The second-order valence-electron chi connectivity index (χ2n) is 6.57. The molecule has 4 heteroatoms. The molecule has 21 heavy (non-hydrogen) atoms. The highest BCUT2D eigenvalue weighted by Crippen LogP contribution is 2.36. The number of benzene rings is 1. The fourth-order valence-electron chi connectivity index (χ4n) is 3.80. The standard InChI is InChI=1S/C17H24N2O2/c1-13(20)19-15-9-10-18(11-14-7-5-4-6-8-14)12-16(15)21-17(19,2)3/h4-8,15-16H,9-12H2,1-3H3/t15-,16-/m1/s1. The molecule has 2 atom stereocenters. The van der Waals surface area contributed by atoms with Gasteiger partial charge in [-0.05, 0) is 25.8 Å². The number of ether oxygens (including phenoxy) is 1. The number of fused-ring (bicyclic) bond motifs is 1. The van der Waals surface area contributed by atoms with Crippen LogP contribution < -0.4 is 0 Å². The summed E-state index contributed by atoms with van der Waals surface area (Å²) in [6.45, 7) is 8.49. The molecular weight excluding hydrogens is 264 g/mol. The molecule has 1 aromatic carbocycles. The van der Waals surface area contributed by atoms with Crippen molar-refractivity contribution in [1.82, 2.24) is 9.80 Å². The van der Waals surface area contributed by atoms with Gasteiger partial charge in [0.25, 0.3) is 0 Å². The van der Waals surface area contributed by atoms with E-state index in [2.05, 4.69) is 29.2 Å². The monoisotopic (exact) mass is 288 g/mol. The maximum Gasteiger partial charge on any atom is 0.222 e. The minimum Gasteiger partial charge on any atom is -0.349 e. The number of hydrogen-bond donors (Lipinski definition) is 0. The topological polar surface area (TPSA) is 32.8 Å². The van der Waals surface area contributed by atoms with Gasteiger partial charge in [0.05, 0.1) is 12.1 Å². The first-order valence-corrected chi connectivity index (χ1v) is 7.71. The molecule has 3 rings (SSSR count). The minimum atomic E-state index is -0.482. The van der Waals surface area contributed by atoms with Crippen LogP contribution in [0, 0.1) is 0 Å². The Balaban J connectivity index is 1.68. The molecule has 0 radical (unpaired) electrons. The van der Waals surface area contributed by atoms with Gasteiger partial charge in [-0.1, -0.05) is 30.3 Å². The summed E-state index contributed by atoms with van der Waals surface area (Å²) in [7, 11) is 0. The lowest BCUT2D eigenvalue weighted by Crippen LogP contribution is -2.52. The van der Waals surface area contributed by atoms with Crippen molar-refractivity contribution in [1.29, 1.82) is 0 Å². The molecule has 0 saturated carbocycles. The van der Waals surface area contributed by atoms with Crippen LogP contribution in [-0.2, 0) is 16.1 Å². The van der Waals surface area contributed by atoms with Gasteiger partial charge in [0.15, 0.2) is 0 Å². The van der Waals surface area contributed by atoms with Gasteiger partial charge in [-0.25, -0.2) is 0 Å². The van der Waals surface area contributed by atoms with E-state index in [0.29, 0.717) is 0 Å². The Bertz CT molecular complexity index is 515. The van der Waals surface area contributed by atoms with Crippen LogP contribution >= 0.6 is 0 Å². The molecule has 0 spiro atoms. The molecule has 0 aromatic heterocycles. The summed E-state index contributed by atoms with van der Waals surface area (Å²) in [5.41, 5.74) is 0.848. The number of carbonyl (C=O) groups excluding carboxylic acids is 1. The molecule has 2 saturated heterocycles. The van der Waals surface area contributed by atoms with Gasteiger partial charge in [-0.2, -0.15) is 0 Å². The second-order valence-corrected chi connectivity index (χ2v) is 6.57. The predicted molar refractivity (Wildman–Crippen MR) is 81.6 cm³/mol. The molecule has 0 aliphatic carbocycles. The summed E-state index contributed by atoms with van der Waals surface area (Å²) < 4.78 is 6.16. The van der Waals surface area contributed by atoms with Crippen molar-refractivity contribution in [2.45, 2.75) is 51.6 Å². The SMILES string of the molecule is CC(=O)N1[C@@H]2CCN(Cc3ccccc3)C[C@H]2OC1(C)C. The van der Waals surface area contributed by atoms with Gasteiger partial charge in [0.2, 0.25) is 5.91 Å². The van der Waals surface area contributed by atoms with Crippen LogP contribution in [0.25, 0.3) is 0 Å². The first kappa shape index (κ1) is 14.5. The summed E-state index contributed by atoms with van der Waals surface area (Å²) in [5.74, 6) is 0.115. The van der Waals surface area contributed by atoms with E-state index in [-0.39, 0.29) is 18.1 Å². The number of carbonyl (C=O) groups is 1. The van der Waals surface area contributed by atoms with E-state index in [1.165, 1.54) is 5.56 Å². The highest BCUT2D eigenvalue weighted by molar-refractivity contribution is 5.74. The lowest BCUT2D eigenvalue weighted by Gasteiger charge is -2.37. The Morgan fingerprint density at radius 3 is 2.71 bits per heavy atom. The Morgan fingerprint density at radius 1 is 1.33 bits per heavy atom. The summed E-state index contributed by atoms with van der Waals surface area (Å²) in [5, 5.41) is 0. The van der Waals surface area contributed by atoms with Crippen LogP contribution in [0.3, 0.4) is 0 Å². The third-order valence-electron chi connectivity index (χ3n) is 4.55. The fourth-order valence-corrected chi connectivity index (χ4v) is 3.80. The van der Waals surface area contributed by atoms with Crippen LogP contribution in [0.2, 0.25) is 0 Å².